The first-order chi connectivity index (χ1) is 12.0. The van der Waals surface area contributed by atoms with Gasteiger partial charge in [-0.15, -0.1) is 0 Å². The summed E-state index contributed by atoms with van der Waals surface area (Å²) in [5, 5.41) is 0. The van der Waals surface area contributed by atoms with Crippen LogP contribution < -0.4 is 0 Å². The van der Waals surface area contributed by atoms with Gasteiger partial charge in [0.15, 0.2) is 6.61 Å². The Hall–Kier alpha value is -2.40. The Morgan fingerprint density at radius 2 is 1.76 bits per heavy atom. The van der Waals surface area contributed by atoms with Crippen LogP contribution in [0.4, 0.5) is 0 Å². The van der Waals surface area contributed by atoms with Crippen molar-refractivity contribution in [1.29, 1.82) is 0 Å². The van der Waals surface area contributed by atoms with Crippen LogP contribution in [0.3, 0.4) is 0 Å². The van der Waals surface area contributed by atoms with Crippen molar-refractivity contribution in [3.63, 3.8) is 0 Å². The number of halogens is 1. The summed E-state index contributed by atoms with van der Waals surface area (Å²) in [6, 6.07) is 17.1. The van der Waals surface area contributed by atoms with E-state index in [0.29, 0.717) is 0 Å². The lowest BCUT2D eigenvalue weighted by Gasteiger charge is -2.25. The Kier molecular flexibility index (Phi) is 6.95. The predicted octanol–water partition coefficient (Wildman–Crippen LogP) is 4.23. The van der Waals surface area contributed by atoms with E-state index in [-0.39, 0.29) is 18.6 Å². The summed E-state index contributed by atoms with van der Waals surface area (Å²) in [6.45, 7) is 1.65. The van der Waals surface area contributed by atoms with Gasteiger partial charge in [-0.25, -0.2) is 4.79 Å². The molecule has 1 atom stereocenters. The van der Waals surface area contributed by atoms with Crippen LogP contribution in [0.25, 0.3) is 6.08 Å². The highest BCUT2D eigenvalue weighted by atomic mass is 79.9. The number of carbonyl (C=O) groups excluding carboxylic acids is 2. The summed E-state index contributed by atoms with van der Waals surface area (Å²) in [5.74, 6) is -0.802. The number of nitrogens with zero attached hydrogens (tertiary/aromatic N) is 1. The number of amides is 1. The van der Waals surface area contributed by atoms with Gasteiger partial charge in [-0.3, -0.25) is 4.79 Å². The smallest absolute Gasteiger partial charge is 0.331 e. The van der Waals surface area contributed by atoms with Gasteiger partial charge in [-0.05, 0) is 30.2 Å². The van der Waals surface area contributed by atoms with Gasteiger partial charge in [-0.1, -0.05) is 64.5 Å². The lowest BCUT2D eigenvalue weighted by Crippen LogP contribution is -2.33. The molecule has 25 heavy (non-hydrogen) atoms. The zero-order valence-electron chi connectivity index (χ0n) is 14.2. The van der Waals surface area contributed by atoms with E-state index in [1.54, 1.807) is 18.0 Å². The highest BCUT2D eigenvalue weighted by molar-refractivity contribution is 9.10. The number of hydrogen-bond donors (Lipinski definition) is 0. The van der Waals surface area contributed by atoms with Crippen molar-refractivity contribution in [3.05, 3.63) is 76.3 Å². The predicted molar refractivity (Wildman–Crippen MR) is 102 cm³/mol. The van der Waals surface area contributed by atoms with Crippen LogP contribution in [0.5, 0.6) is 0 Å². The van der Waals surface area contributed by atoms with Gasteiger partial charge >= 0.3 is 5.97 Å². The van der Waals surface area contributed by atoms with Gasteiger partial charge in [-0.2, -0.15) is 0 Å². The molecule has 0 saturated carbocycles. The van der Waals surface area contributed by atoms with Crippen LogP contribution in [-0.2, 0) is 14.3 Å². The molecule has 0 saturated heterocycles. The first-order valence-electron chi connectivity index (χ1n) is 7.89. The van der Waals surface area contributed by atoms with Crippen molar-refractivity contribution < 1.29 is 14.3 Å². The van der Waals surface area contributed by atoms with Crippen molar-refractivity contribution in [2.75, 3.05) is 13.7 Å². The molecule has 5 heteroatoms. The van der Waals surface area contributed by atoms with Crippen LogP contribution >= 0.6 is 15.9 Å². The largest absolute Gasteiger partial charge is 0.452 e. The highest BCUT2D eigenvalue weighted by Gasteiger charge is 2.18. The van der Waals surface area contributed by atoms with E-state index in [9.17, 15) is 9.59 Å². The monoisotopic (exact) mass is 401 g/mol. The minimum absolute atomic E-state index is 0.0942. The summed E-state index contributed by atoms with van der Waals surface area (Å²) in [6.07, 6.45) is 2.96. The second-order valence-corrected chi connectivity index (χ2v) is 6.41. The molecule has 0 aliphatic carbocycles. The molecular formula is C20H20BrNO3. The number of esters is 1. The molecule has 0 N–H and O–H groups in total. The Bertz CT molecular complexity index is 759. The average molecular weight is 402 g/mol. The summed E-state index contributed by atoms with van der Waals surface area (Å²) in [5.41, 5.74) is 1.89. The van der Waals surface area contributed by atoms with E-state index in [2.05, 4.69) is 15.9 Å². The SMILES string of the molecule is C[C@H](c1ccccc1)N(C)C(=O)COC(=O)/C=C/c1ccccc1Br. The third kappa shape index (κ3) is 5.57. The molecule has 4 nitrogen and oxygen atoms in total. The summed E-state index contributed by atoms with van der Waals surface area (Å²) in [4.78, 5) is 25.6. The van der Waals surface area contributed by atoms with E-state index >= 15 is 0 Å². The Morgan fingerprint density at radius 3 is 2.44 bits per heavy atom. The topological polar surface area (TPSA) is 46.6 Å². The van der Waals surface area contributed by atoms with Crippen molar-refractivity contribution >= 4 is 33.9 Å². The molecule has 2 rings (SSSR count). The number of ether oxygens (including phenoxy) is 1. The maximum absolute atomic E-state index is 12.2. The van der Waals surface area contributed by atoms with Crippen LogP contribution in [0.1, 0.15) is 24.1 Å². The molecule has 0 aliphatic heterocycles. The molecule has 2 aromatic rings. The molecule has 130 valence electrons. The van der Waals surface area contributed by atoms with E-state index in [1.807, 2.05) is 61.5 Å². The minimum atomic E-state index is -0.551. The van der Waals surface area contributed by atoms with Crippen molar-refractivity contribution in [3.8, 4) is 0 Å². The molecule has 2 aromatic carbocycles. The second kappa shape index (κ2) is 9.18. The molecule has 0 unspecified atom stereocenters. The van der Waals surface area contributed by atoms with Crippen molar-refractivity contribution in [2.45, 2.75) is 13.0 Å². The van der Waals surface area contributed by atoms with Gasteiger partial charge in [0.1, 0.15) is 0 Å². The number of hydrogen-bond acceptors (Lipinski definition) is 3. The van der Waals surface area contributed by atoms with Gasteiger partial charge in [0.05, 0.1) is 6.04 Å². The molecule has 0 aliphatic rings. The van der Waals surface area contributed by atoms with Crippen LogP contribution in [0, 0.1) is 0 Å². The summed E-state index contributed by atoms with van der Waals surface area (Å²) >= 11 is 3.40. The van der Waals surface area contributed by atoms with E-state index in [1.165, 1.54) is 6.08 Å². The molecule has 1 amide bonds. The van der Waals surface area contributed by atoms with Crippen LogP contribution in [0.2, 0.25) is 0 Å². The van der Waals surface area contributed by atoms with Gasteiger partial charge in [0.25, 0.3) is 5.91 Å². The van der Waals surface area contributed by atoms with Crippen molar-refractivity contribution in [1.82, 2.24) is 4.90 Å². The fourth-order valence-corrected chi connectivity index (χ4v) is 2.64. The number of likely N-dealkylation sites (N-methyl/N-ethyl adjacent to an activating group) is 1. The standard InChI is InChI=1S/C20H20BrNO3/c1-15(16-8-4-3-5-9-16)22(2)19(23)14-25-20(24)13-12-17-10-6-7-11-18(17)21/h3-13,15H,14H2,1-2H3/b13-12+/t15-/m1/s1. The maximum Gasteiger partial charge on any atom is 0.331 e. The highest BCUT2D eigenvalue weighted by Crippen LogP contribution is 2.18. The van der Waals surface area contributed by atoms with E-state index in [4.69, 9.17) is 4.74 Å². The Labute approximate surface area is 156 Å². The lowest BCUT2D eigenvalue weighted by molar-refractivity contribution is -0.148. The normalized spacial score (nSPS) is 12.0. The minimum Gasteiger partial charge on any atom is -0.452 e. The lowest BCUT2D eigenvalue weighted by atomic mass is 10.1. The summed E-state index contributed by atoms with van der Waals surface area (Å²) < 4.78 is 5.92. The van der Waals surface area contributed by atoms with Gasteiger partial charge in [0.2, 0.25) is 0 Å². The first kappa shape index (κ1) is 18.9. The molecular weight excluding hydrogens is 382 g/mol. The third-order valence-electron chi connectivity index (χ3n) is 3.90. The molecule has 0 bridgehead atoms. The number of benzene rings is 2. The van der Waals surface area contributed by atoms with Crippen molar-refractivity contribution in [2.24, 2.45) is 0 Å². The van der Waals surface area contributed by atoms with Crippen LogP contribution in [0.15, 0.2) is 65.1 Å². The van der Waals surface area contributed by atoms with E-state index < -0.39 is 5.97 Å². The average Bonchev–Trinajstić information content (AvgIpc) is 2.65. The molecule has 0 aromatic heterocycles. The Balaban J connectivity index is 1.86. The van der Waals surface area contributed by atoms with Gasteiger partial charge in [0, 0.05) is 17.6 Å². The Morgan fingerprint density at radius 1 is 1.12 bits per heavy atom. The van der Waals surface area contributed by atoms with Crippen LogP contribution in [-0.4, -0.2) is 30.4 Å². The molecule has 0 heterocycles. The molecule has 0 fully saturated rings. The third-order valence-corrected chi connectivity index (χ3v) is 4.62. The first-order valence-corrected chi connectivity index (χ1v) is 8.68. The maximum atomic E-state index is 12.2. The number of carbonyl (C=O) groups is 2. The number of rotatable bonds is 6. The van der Waals surface area contributed by atoms with Gasteiger partial charge < -0.3 is 9.64 Å². The van der Waals surface area contributed by atoms with E-state index in [0.717, 1.165) is 15.6 Å². The second-order valence-electron chi connectivity index (χ2n) is 5.55. The fraction of sp³-hybridized carbons (Fsp3) is 0.200. The zero-order valence-corrected chi connectivity index (χ0v) is 15.8. The molecule has 0 spiro atoms. The molecule has 0 radical (unpaired) electrons. The summed E-state index contributed by atoms with van der Waals surface area (Å²) in [7, 11) is 1.70. The zero-order chi connectivity index (χ0) is 18.2. The fourth-order valence-electron chi connectivity index (χ4n) is 2.22. The quantitative estimate of drug-likeness (QED) is 0.537.